The zero-order valence-corrected chi connectivity index (χ0v) is 13.4. The Hall–Kier alpha value is -2.31. The van der Waals surface area contributed by atoms with Gasteiger partial charge in [-0.1, -0.05) is 12.1 Å². The number of carbonyl (C=O) groups excluding carboxylic acids is 1. The van der Waals surface area contributed by atoms with Crippen molar-refractivity contribution < 1.29 is 19.4 Å². The second kappa shape index (κ2) is 6.44. The van der Waals surface area contributed by atoms with Gasteiger partial charge in [0.2, 0.25) is 12.7 Å². The van der Waals surface area contributed by atoms with Crippen LogP contribution in [0.3, 0.4) is 0 Å². The molecule has 120 valence electrons. The van der Waals surface area contributed by atoms with Crippen molar-refractivity contribution in [1.29, 1.82) is 0 Å². The maximum atomic E-state index is 11.9. The Morgan fingerprint density at radius 3 is 3.00 bits per heavy atom. The zero-order valence-electron chi connectivity index (χ0n) is 12.6. The number of ether oxygens (including phenoxy) is 2. The van der Waals surface area contributed by atoms with Crippen LogP contribution >= 0.6 is 11.3 Å². The summed E-state index contributed by atoms with van der Waals surface area (Å²) < 4.78 is 10.5. The minimum absolute atomic E-state index is 0.151. The third-order valence-electron chi connectivity index (χ3n) is 3.48. The summed E-state index contributed by atoms with van der Waals surface area (Å²) in [5.41, 5.74) is -0.231. The molecule has 2 heterocycles. The largest absolute Gasteiger partial charge is 0.454 e. The predicted molar refractivity (Wildman–Crippen MR) is 88.5 cm³/mol. The Balaban J connectivity index is 1.57. The highest BCUT2D eigenvalue weighted by Gasteiger charge is 2.24. The molecule has 0 aliphatic carbocycles. The number of fused-ring (bicyclic) bond motifs is 1. The van der Waals surface area contributed by atoms with Gasteiger partial charge in [-0.2, -0.15) is 0 Å². The van der Waals surface area contributed by atoms with Gasteiger partial charge < -0.3 is 19.9 Å². The molecule has 0 saturated carbocycles. The number of hydrogen-bond acceptors (Lipinski definition) is 5. The van der Waals surface area contributed by atoms with Crippen molar-refractivity contribution in [2.75, 3.05) is 13.3 Å². The van der Waals surface area contributed by atoms with E-state index in [-0.39, 0.29) is 19.2 Å². The van der Waals surface area contributed by atoms with Gasteiger partial charge in [-0.15, -0.1) is 11.3 Å². The number of carbonyl (C=O) groups is 1. The average Bonchev–Trinajstić information content (AvgIpc) is 3.21. The number of benzene rings is 1. The van der Waals surface area contributed by atoms with E-state index in [1.54, 1.807) is 13.0 Å². The third-order valence-corrected chi connectivity index (χ3v) is 4.61. The molecule has 0 unspecified atom stereocenters. The molecule has 1 atom stereocenters. The van der Waals surface area contributed by atoms with E-state index in [4.69, 9.17) is 9.47 Å². The lowest BCUT2D eigenvalue weighted by Gasteiger charge is -2.21. The number of thiophene rings is 1. The lowest BCUT2D eigenvalue weighted by molar-refractivity contribution is -0.117. The molecule has 1 aliphatic rings. The van der Waals surface area contributed by atoms with Gasteiger partial charge >= 0.3 is 0 Å². The van der Waals surface area contributed by atoms with E-state index in [0.29, 0.717) is 11.5 Å². The van der Waals surface area contributed by atoms with E-state index in [2.05, 4.69) is 5.32 Å². The molecule has 1 aromatic heterocycles. The minimum Gasteiger partial charge on any atom is -0.454 e. The molecule has 6 heteroatoms. The summed E-state index contributed by atoms with van der Waals surface area (Å²) in [6.07, 6.45) is 3.12. The molecule has 3 rings (SSSR count). The quantitative estimate of drug-likeness (QED) is 0.826. The van der Waals surface area contributed by atoms with Crippen LogP contribution < -0.4 is 14.8 Å². The summed E-state index contributed by atoms with van der Waals surface area (Å²) in [6.45, 7) is 2.05. The fraction of sp³-hybridized carbons (Fsp3) is 0.235. The Bertz CT molecular complexity index is 722. The van der Waals surface area contributed by atoms with Crippen LogP contribution in [0.4, 0.5) is 0 Å². The van der Waals surface area contributed by atoms with Crippen LogP contribution in [0.5, 0.6) is 11.5 Å². The predicted octanol–water partition coefficient (Wildman–Crippen LogP) is 2.51. The van der Waals surface area contributed by atoms with Crippen molar-refractivity contribution in [2.45, 2.75) is 12.5 Å². The molecule has 0 bridgehead atoms. The topological polar surface area (TPSA) is 67.8 Å². The lowest BCUT2D eigenvalue weighted by Crippen LogP contribution is -2.37. The second-order valence-corrected chi connectivity index (χ2v) is 6.36. The lowest BCUT2D eigenvalue weighted by atomic mass is 10.1. The van der Waals surface area contributed by atoms with Gasteiger partial charge in [0.15, 0.2) is 11.5 Å². The van der Waals surface area contributed by atoms with Crippen molar-refractivity contribution >= 4 is 23.3 Å². The molecule has 1 aliphatic heterocycles. The number of nitrogens with one attached hydrogen (secondary N) is 1. The Kier molecular flexibility index (Phi) is 4.36. The molecular weight excluding hydrogens is 314 g/mol. The van der Waals surface area contributed by atoms with Gasteiger partial charge in [-0.05, 0) is 42.1 Å². The van der Waals surface area contributed by atoms with Gasteiger partial charge in [0.25, 0.3) is 0 Å². The molecule has 0 fully saturated rings. The molecule has 1 aromatic carbocycles. The Labute approximate surface area is 138 Å². The van der Waals surface area contributed by atoms with E-state index >= 15 is 0 Å². The minimum atomic E-state index is -1.07. The first-order chi connectivity index (χ1) is 11.0. The van der Waals surface area contributed by atoms with Gasteiger partial charge in [0.1, 0.15) is 5.60 Å². The van der Waals surface area contributed by atoms with E-state index in [1.165, 1.54) is 17.4 Å². The molecule has 2 aromatic rings. The third kappa shape index (κ3) is 3.72. The number of hydrogen-bond donors (Lipinski definition) is 2. The van der Waals surface area contributed by atoms with Crippen LogP contribution in [0.2, 0.25) is 0 Å². The first-order valence-electron chi connectivity index (χ1n) is 7.16. The van der Waals surface area contributed by atoms with Crippen LogP contribution in [-0.2, 0) is 10.4 Å². The van der Waals surface area contributed by atoms with Crippen LogP contribution in [0.1, 0.15) is 17.4 Å². The summed E-state index contributed by atoms with van der Waals surface area (Å²) in [5, 5.41) is 15.0. The average molecular weight is 331 g/mol. The maximum absolute atomic E-state index is 11.9. The molecule has 0 radical (unpaired) electrons. The molecule has 23 heavy (non-hydrogen) atoms. The van der Waals surface area contributed by atoms with E-state index in [9.17, 15) is 9.90 Å². The molecule has 5 nitrogen and oxygen atoms in total. The fourth-order valence-electron chi connectivity index (χ4n) is 2.18. The fourth-order valence-corrected chi connectivity index (χ4v) is 2.97. The number of aliphatic hydroxyl groups is 1. The zero-order chi connectivity index (χ0) is 16.3. The Morgan fingerprint density at radius 2 is 2.22 bits per heavy atom. The van der Waals surface area contributed by atoms with Crippen LogP contribution in [0, 0.1) is 0 Å². The first kappa shape index (κ1) is 15.6. The SMILES string of the molecule is C[C@](O)(CNC(=O)/C=C/c1ccc2c(c1)OCO2)c1cccs1. The van der Waals surface area contributed by atoms with E-state index in [0.717, 1.165) is 10.4 Å². The maximum Gasteiger partial charge on any atom is 0.244 e. The summed E-state index contributed by atoms with van der Waals surface area (Å²) in [5.74, 6) is 1.12. The van der Waals surface area contributed by atoms with Crippen LogP contribution in [0.25, 0.3) is 6.08 Å². The van der Waals surface area contributed by atoms with Gasteiger partial charge in [0.05, 0.1) is 6.54 Å². The van der Waals surface area contributed by atoms with Crippen molar-refractivity contribution in [2.24, 2.45) is 0 Å². The highest BCUT2D eigenvalue weighted by atomic mass is 32.1. The molecule has 0 saturated heterocycles. The van der Waals surface area contributed by atoms with Crippen molar-refractivity contribution in [3.05, 3.63) is 52.2 Å². The number of rotatable bonds is 5. The first-order valence-corrected chi connectivity index (χ1v) is 8.04. The Morgan fingerprint density at radius 1 is 1.39 bits per heavy atom. The van der Waals surface area contributed by atoms with Gasteiger partial charge in [-0.3, -0.25) is 4.79 Å². The van der Waals surface area contributed by atoms with Crippen LogP contribution in [0.15, 0.2) is 41.8 Å². The normalized spacial score (nSPS) is 15.6. The molecule has 2 N–H and O–H groups in total. The summed E-state index contributed by atoms with van der Waals surface area (Å²) in [4.78, 5) is 12.7. The highest BCUT2D eigenvalue weighted by Crippen LogP contribution is 2.32. The van der Waals surface area contributed by atoms with Crippen LogP contribution in [-0.4, -0.2) is 24.4 Å². The van der Waals surface area contributed by atoms with Crippen molar-refractivity contribution in [3.63, 3.8) is 0 Å². The summed E-state index contributed by atoms with van der Waals surface area (Å²) >= 11 is 1.46. The van der Waals surface area contributed by atoms with E-state index < -0.39 is 5.60 Å². The van der Waals surface area contributed by atoms with Gasteiger partial charge in [0, 0.05) is 11.0 Å². The number of amides is 1. The smallest absolute Gasteiger partial charge is 0.244 e. The highest BCUT2D eigenvalue weighted by molar-refractivity contribution is 7.10. The molecular formula is C17H17NO4S. The molecule has 0 spiro atoms. The monoisotopic (exact) mass is 331 g/mol. The summed E-state index contributed by atoms with van der Waals surface area (Å²) in [7, 11) is 0. The second-order valence-electron chi connectivity index (χ2n) is 5.41. The van der Waals surface area contributed by atoms with Gasteiger partial charge in [-0.25, -0.2) is 0 Å². The standard InChI is InChI=1S/C17H17NO4S/c1-17(20,15-3-2-8-23-15)10-18-16(19)7-5-12-4-6-13-14(9-12)22-11-21-13/h2-9,20H,10-11H2,1H3,(H,18,19)/b7-5+/t17-/m0/s1. The van der Waals surface area contributed by atoms with Crippen molar-refractivity contribution in [1.82, 2.24) is 5.32 Å². The molecule has 1 amide bonds. The van der Waals surface area contributed by atoms with Crippen molar-refractivity contribution in [3.8, 4) is 11.5 Å². The van der Waals surface area contributed by atoms with E-state index in [1.807, 2.05) is 35.7 Å². The summed E-state index contributed by atoms with van der Waals surface area (Å²) in [6, 6.07) is 9.18.